The minimum atomic E-state index is -0.217. The Labute approximate surface area is 224 Å². The molecule has 1 aliphatic rings. The predicted molar refractivity (Wildman–Crippen MR) is 150 cm³/mol. The number of ether oxygens (including phenoxy) is 3. The summed E-state index contributed by atoms with van der Waals surface area (Å²) < 4.78 is 17.0. The third-order valence-electron chi connectivity index (χ3n) is 6.59. The van der Waals surface area contributed by atoms with E-state index in [1.54, 1.807) is 39.5 Å². The number of hydrogen-bond acceptors (Lipinski definition) is 6. The number of fused-ring (bicyclic) bond motifs is 2. The quantitative estimate of drug-likeness (QED) is 0.255. The van der Waals surface area contributed by atoms with Crippen LogP contribution in [0.5, 0.6) is 17.2 Å². The molecule has 5 rings (SSSR count). The fraction of sp³-hybridized carbons (Fsp3) is 0.241. The molecule has 0 saturated carbocycles. The molecule has 8 heteroatoms. The molecular weight excluding hydrogens is 534 g/mol. The van der Waals surface area contributed by atoms with Crippen molar-refractivity contribution in [3.8, 4) is 17.2 Å². The second-order valence-electron chi connectivity index (χ2n) is 8.85. The van der Waals surface area contributed by atoms with Crippen LogP contribution in [0.2, 0.25) is 0 Å². The predicted octanol–water partition coefficient (Wildman–Crippen LogP) is 6.90. The normalized spacial score (nSPS) is 12.5. The summed E-state index contributed by atoms with van der Waals surface area (Å²) in [6, 6.07) is 16.9. The van der Waals surface area contributed by atoms with Gasteiger partial charge >= 0.3 is 0 Å². The van der Waals surface area contributed by atoms with Crippen LogP contribution in [0.25, 0.3) is 10.9 Å². The Morgan fingerprint density at radius 2 is 1.59 bits per heavy atom. The maximum atomic E-state index is 13.0. The lowest BCUT2D eigenvalue weighted by atomic mass is 9.92. The van der Waals surface area contributed by atoms with Crippen molar-refractivity contribution >= 4 is 49.8 Å². The Balaban J connectivity index is 1.54. The van der Waals surface area contributed by atoms with E-state index in [-0.39, 0.29) is 5.91 Å². The summed E-state index contributed by atoms with van der Waals surface area (Å²) in [4.78, 5) is 18.0. The van der Waals surface area contributed by atoms with Gasteiger partial charge in [0.25, 0.3) is 5.91 Å². The number of halogens is 1. The zero-order valence-corrected chi connectivity index (χ0v) is 22.6. The summed E-state index contributed by atoms with van der Waals surface area (Å²) in [6.07, 6.45) is 4.15. The molecule has 0 aliphatic heterocycles. The molecule has 37 heavy (non-hydrogen) atoms. The number of carbonyl (C=O) groups excluding carboxylic acids is 1. The molecule has 7 nitrogen and oxygen atoms in total. The van der Waals surface area contributed by atoms with Gasteiger partial charge in [0.15, 0.2) is 11.5 Å². The van der Waals surface area contributed by atoms with Gasteiger partial charge in [-0.3, -0.25) is 9.78 Å². The van der Waals surface area contributed by atoms with Crippen LogP contribution in [0.1, 0.15) is 34.5 Å². The number of benzene rings is 3. The molecule has 0 bridgehead atoms. The van der Waals surface area contributed by atoms with Gasteiger partial charge in [0.05, 0.1) is 37.0 Å². The molecule has 1 aromatic heterocycles. The number of aromatic nitrogens is 1. The van der Waals surface area contributed by atoms with E-state index in [0.717, 1.165) is 58.1 Å². The van der Waals surface area contributed by atoms with Crippen molar-refractivity contribution < 1.29 is 19.0 Å². The topological polar surface area (TPSA) is 81.7 Å². The van der Waals surface area contributed by atoms with Gasteiger partial charge in [-0.2, -0.15) is 0 Å². The monoisotopic (exact) mass is 561 g/mol. The minimum absolute atomic E-state index is 0.217. The lowest BCUT2D eigenvalue weighted by Gasteiger charge is -2.22. The van der Waals surface area contributed by atoms with E-state index >= 15 is 0 Å². The number of nitrogens with zero attached hydrogens (tertiary/aromatic N) is 1. The van der Waals surface area contributed by atoms with Gasteiger partial charge in [0.1, 0.15) is 5.75 Å². The number of nitrogens with one attached hydrogen (secondary N) is 2. The third-order valence-corrected chi connectivity index (χ3v) is 7.24. The van der Waals surface area contributed by atoms with Crippen molar-refractivity contribution in [1.82, 2.24) is 4.98 Å². The number of rotatable bonds is 7. The summed E-state index contributed by atoms with van der Waals surface area (Å²) in [5, 5.41) is 7.59. The highest BCUT2D eigenvalue weighted by Crippen LogP contribution is 2.38. The number of amides is 1. The fourth-order valence-corrected chi connectivity index (χ4v) is 5.12. The summed E-state index contributed by atoms with van der Waals surface area (Å²) in [7, 11) is 4.82. The number of pyridine rings is 1. The Morgan fingerprint density at radius 3 is 2.38 bits per heavy atom. The average molecular weight is 562 g/mol. The number of hydrogen-bond donors (Lipinski definition) is 2. The van der Waals surface area contributed by atoms with E-state index < -0.39 is 0 Å². The maximum absolute atomic E-state index is 13.0. The molecule has 1 heterocycles. The first-order valence-electron chi connectivity index (χ1n) is 12.1. The molecule has 0 radical (unpaired) electrons. The van der Waals surface area contributed by atoms with Crippen molar-refractivity contribution in [2.24, 2.45) is 0 Å². The van der Waals surface area contributed by atoms with Gasteiger partial charge in [0, 0.05) is 34.1 Å². The zero-order chi connectivity index (χ0) is 25.9. The standard InChI is InChI=1S/C29H28BrN3O4/c1-35-25-13-10-19(16-27(25)37-3)31-28-20-6-4-5-7-23(20)33-24-12-9-18(15-21(24)28)32-29(34)17-8-11-22(30)26(14-17)36-2/h8-16H,4-7H2,1-3H3,(H,31,33)(H,32,34). The van der Waals surface area contributed by atoms with Crippen LogP contribution >= 0.6 is 15.9 Å². The molecule has 1 amide bonds. The highest BCUT2D eigenvalue weighted by Gasteiger charge is 2.20. The van der Waals surface area contributed by atoms with E-state index in [1.807, 2.05) is 36.4 Å². The van der Waals surface area contributed by atoms with Crippen molar-refractivity contribution in [1.29, 1.82) is 0 Å². The van der Waals surface area contributed by atoms with E-state index in [1.165, 1.54) is 5.56 Å². The summed E-state index contributed by atoms with van der Waals surface area (Å²) in [5.74, 6) is 1.70. The molecule has 0 unspecified atom stereocenters. The first kappa shape index (κ1) is 24.9. The lowest BCUT2D eigenvalue weighted by Crippen LogP contribution is -2.13. The first-order valence-corrected chi connectivity index (χ1v) is 12.9. The zero-order valence-electron chi connectivity index (χ0n) is 21.0. The highest BCUT2D eigenvalue weighted by atomic mass is 79.9. The summed E-state index contributed by atoms with van der Waals surface area (Å²) in [5.41, 5.74) is 6.31. The van der Waals surface area contributed by atoms with Crippen molar-refractivity contribution in [3.05, 3.63) is 75.9 Å². The van der Waals surface area contributed by atoms with Crippen LogP contribution in [0.4, 0.5) is 17.1 Å². The fourth-order valence-electron chi connectivity index (χ4n) is 4.71. The molecule has 1 aliphatic carbocycles. The van der Waals surface area contributed by atoms with E-state index in [2.05, 4.69) is 26.6 Å². The average Bonchev–Trinajstić information content (AvgIpc) is 2.93. The Morgan fingerprint density at radius 1 is 0.838 bits per heavy atom. The number of carbonyl (C=O) groups is 1. The Bertz CT molecular complexity index is 1490. The van der Waals surface area contributed by atoms with E-state index in [9.17, 15) is 4.79 Å². The van der Waals surface area contributed by atoms with Crippen LogP contribution < -0.4 is 24.8 Å². The van der Waals surface area contributed by atoms with Crippen LogP contribution in [-0.4, -0.2) is 32.2 Å². The van der Waals surface area contributed by atoms with Crippen LogP contribution in [0.3, 0.4) is 0 Å². The Hall–Kier alpha value is -3.78. The smallest absolute Gasteiger partial charge is 0.255 e. The van der Waals surface area contributed by atoms with E-state index in [4.69, 9.17) is 19.2 Å². The SMILES string of the molecule is COc1cc(C(=O)Nc2ccc3nc4c(c(Nc5ccc(OC)c(OC)c5)c3c2)CCCC4)ccc1Br. The molecular formula is C29H28BrN3O4. The molecule has 0 saturated heterocycles. The second kappa shape index (κ2) is 10.7. The summed E-state index contributed by atoms with van der Waals surface area (Å²) >= 11 is 3.43. The summed E-state index contributed by atoms with van der Waals surface area (Å²) in [6.45, 7) is 0. The molecule has 190 valence electrons. The maximum Gasteiger partial charge on any atom is 0.255 e. The Kier molecular flexibility index (Phi) is 7.19. The van der Waals surface area contributed by atoms with Crippen molar-refractivity contribution in [2.45, 2.75) is 25.7 Å². The number of methoxy groups -OCH3 is 3. The lowest BCUT2D eigenvalue weighted by molar-refractivity contribution is 0.102. The molecule has 0 fully saturated rings. The van der Waals surface area contributed by atoms with Gasteiger partial charge in [0.2, 0.25) is 0 Å². The number of anilines is 3. The second-order valence-corrected chi connectivity index (χ2v) is 9.70. The van der Waals surface area contributed by atoms with Crippen molar-refractivity contribution in [3.63, 3.8) is 0 Å². The third kappa shape index (κ3) is 5.06. The first-order chi connectivity index (χ1) is 18.0. The van der Waals surface area contributed by atoms with E-state index in [0.29, 0.717) is 28.5 Å². The minimum Gasteiger partial charge on any atom is -0.496 e. The number of aryl methyl sites for hydroxylation is 1. The molecule has 4 aromatic rings. The van der Waals surface area contributed by atoms with Gasteiger partial charge in [-0.05, 0) is 95.7 Å². The largest absolute Gasteiger partial charge is 0.496 e. The van der Waals surface area contributed by atoms with Gasteiger partial charge in [-0.1, -0.05) is 0 Å². The van der Waals surface area contributed by atoms with Crippen LogP contribution in [0, 0.1) is 0 Å². The van der Waals surface area contributed by atoms with Gasteiger partial charge in [-0.25, -0.2) is 0 Å². The molecule has 3 aromatic carbocycles. The van der Waals surface area contributed by atoms with Gasteiger partial charge in [-0.15, -0.1) is 0 Å². The molecule has 0 spiro atoms. The molecule has 2 N–H and O–H groups in total. The molecule has 0 atom stereocenters. The van der Waals surface area contributed by atoms with Crippen LogP contribution in [-0.2, 0) is 12.8 Å². The highest BCUT2D eigenvalue weighted by molar-refractivity contribution is 9.10. The van der Waals surface area contributed by atoms with Gasteiger partial charge < -0.3 is 24.8 Å². The van der Waals surface area contributed by atoms with Crippen LogP contribution in [0.15, 0.2) is 59.1 Å². The van der Waals surface area contributed by atoms with Crippen molar-refractivity contribution in [2.75, 3.05) is 32.0 Å².